The maximum atomic E-state index is 12.4. The number of sulfonamides is 1. The van der Waals surface area contributed by atoms with Crippen molar-refractivity contribution in [2.75, 3.05) is 13.7 Å². The van der Waals surface area contributed by atoms with Crippen LogP contribution in [-0.4, -0.2) is 28.0 Å². The van der Waals surface area contributed by atoms with Gasteiger partial charge in [-0.1, -0.05) is 24.3 Å². The fourth-order valence-corrected chi connectivity index (χ4v) is 3.78. The van der Waals surface area contributed by atoms with Crippen molar-refractivity contribution in [3.05, 3.63) is 59.7 Å². The molecule has 0 aromatic heterocycles. The highest BCUT2D eigenvalue weighted by Crippen LogP contribution is 2.24. The van der Waals surface area contributed by atoms with E-state index in [1.165, 1.54) is 0 Å². The highest BCUT2D eigenvalue weighted by molar-refractivity contribution is 7.89. The van der Waals surface area contributed by atoms with E-state index < -0.39 is 10.0 Å². The molecule has 0 spiro atoms. The molecule has 6 nitrogen and oxygen atoms in total. The lowest BCUT2D eigenvalue weighted by molar-refractivity contribution is -0.119. The van der Waals surface area contributed by atoms with Gasteiger partial charge in [0.2, 0.25) is 15.9 Å². The number of nitrogens with one attached hydrogen (secondary N) is 2. The van der Waals surface area contributed by atoms with Gasteiger partial charge in [0, 0.05) is 25.4 Å². The minimum Gasteiger partial charge on any atom is -0.497 e. The van der Waals surface area contributed by atoms with Crippen LogP contribution >= 0.6 is 0 Å². The van der Waals surface area contributed by atoms with Crippen LogP contribution in [-0.2, 0) is 21.4 Å². The topological polar surface area (TPSA) is 84.5 Å². The lowest BCUT2D eigenvalue weighted by Crippen LogP contribution is -2.23. The minimum atomic E-state index is -3.59. The Morgan fingerprint density at radius 1 is 1.12 bits per heavy atom. The van der Waals surface area contributed by atoms with Gasteiger partial charge >= 0.3 is 0 Å². The summed E-state index contributed by atoms with van der Waals surface area (Å²) in [5, 5.41) is 2.78. The SMILES string of the molecule is COc1ccc(CNS(=O)(=O)c2ccc([C@H]3CNC(=O)C3)cc2)cc1. The molecule has 2 aromatic carbocycles. The Hall–Kier alpha value is -2.38. The average molecular weight is 360 g/mol. The third-order valence-electron chi connectivity index (χ3n) is 4.26. The molecule has 2 N–H and O–H groups in total. The summed E-state index contributed by atoms with van der Waals surface area (Å²) < 4.78 is 32.5. The van der Waals surface area contributed by atoms with Crippen molar-refractivity contribution in [3.8, 4) is 5.75 Å². The van der Waals surface area contributed by atoms with E-state index in [-0.39, 0.29) is 23.3 Å². The molecule has 0 bridgehead atoms. The Balaban J connectivity index is 1.65. The molecular weight excluding hydrogens is 340 g/mol. The van der Waals surface area contributed by atoms with Gasteiger partial charge in [-0.3, -0.25) is 4.79 Å². The van der Waals surface area contributed by atoms with Crippen LogP contribution in [0.15, 0.2) is 53.4 Å². The number of hydrogen-bond donors (Lipinski definition) is 2. The molecule has 1 aliphatic rings. The van der Waals surface area contributed by atoms with Crippen LogP contribution in [0.5, 0.6) is 5.75 Å². The van der Waals surface area contributed by atoms with Crippen LogP contribution in [0.4, 0.5) is 0 Å². The number of rotatable bonds is 6. The predicted octanol–water partition coefficient (Wildman–Crippen LogP) is 1.78. The molecule has 1 aliphatic heterocycles. The number of carbonyl (C=O) groups is 1. The van der Waals surface area contributed by atoms with Crippen molar-refractivity contribution in [3.63, 3.8) is 0 Å². The lowest BCUT2D eigenvalue weighted by atomic mass is 9.99. The normalized spacial score (nSPS) is 17.3. The van der Waals surface area contributed by atoms with Crippen molar-refractivity contribution in [1.82, 2.24) is 10.0 Å². The van der Waals surface area contributed by atoms with Gasteiger partial charge in [0.15, 0.2) is 0 Å². The monoisotopic (exact) mass is 360 g/mol. The van der Waals surface area contributed by atoms with Gasteiger partial charge in [-0.25, -0.2) is 13.1 Å². The fraction of sp³-hybridized carbons (Fsp3) is 0.278. The number of hydrogen-bond acceptors (Lipinski definition) is 4. The molecular formula is C18H20N2O4S. The van der Waals surface area contributed by atoms with Gasteiger partial charge in [0.05, 0.1) is 12.0 Å². The van der Waals surface area contributed by atoms with Crippen molar-refractivity contribution in [2.45, 2.75) is 23.8 Å². The highest BCUT2D eigenvalue weighted by Gasteiger charge is 2.23. The van der Waals surface area contributed by atoms with Crippen molar-refractivity contribution in [1.29, 1.82) is 0 Å². The van der Waals surface area contributed by atoms with E-state index in [0.717, 1.165) is 16.9 Å². The summed E-state index contributed by atoms with van der Waals surface area (Å²) in [7, 11) is -2.01. The lowest BCUT2D eigenvalue weighted by Gasteiger charge is -2.10. The van der Waals surface area contributed by atoms with Crippen LogP contribution in [0.25, 0.3) is 0 Å². The first-order chi connectivity index (χ1) is 12.0. The molecule has 0 saturated carbocycles. The molecule has 3 rings (SSSR count). The first kappa shape index (κ1) is 17.4. The second-order valence-electron chi connectivity index (χ2n) is 5.95. The van der Waals surface area contributed by atoms with Gasteiger partial charge < -0.3 is 10.1 Å². The summed E-state index contributed by atoms with van der Waals surface area (Å²) in [5.74, 6) is 0.862. The summed E-state index contributed by atoms with van der Waals surface area (Å²) >= 11 is 0. The van der Waals surface area contributed by atoms with Gasteiger partial charge in [0.25, 0.3) is 0 Å². The van der Waals surface area contributed by atoms with Crippen LogP contribution in [0.3, 0.4) is 0 Å². The number of amides is 1. The second kappa shape index (κ2) is 7.25. The van der Waals surface area contributed by atoms with Crippen molar-refractivity contribution >= 4 is 15.9 Å². The van der Waals surface area contributed by atoms with Crippen LogP contribution in [0.1, 0.15) is 23.5 Å². The smallest absolute Gasteiger partial charge is 0.240 e. The van der Waals surface area contributed by atoms with E-state index in [0.29, 0.717) is 13.0 Å². The average Bonchev–Trinajstić information content (AvgIpc) is 3.07. The largest absolute Gasteiger partial charge is 0.497 e. The molecule has 1 saturated heterocycles. The molecule has 7 heteroatoms. The van der Waals surface area contributed by atoms with Gasteiger partial charge in [-0.2, -0.15) is 0 Å². The molecule has 0 unspecified atom stereocenters. The quantitative estimate of drug-likeness (QED) is 0.822. The summed E-state index contributed by atoms with van der Waals surface area (Å²) in [6, 6.07) is 13.9. The molecule has 1 atom stereocenters. The highest BCUT2D eigenvalue weighted by atomic mass is 32.2. The zero-order valence-corrected chi connectivity index (χ0v) is 14.7. The van der Waals surface area contributed by atoms with Crippen LogP contribution in [0, 0.1) is 0 Å². The molecule has 1 fully saturated rings. The Morgan fingerprint density at radius 2 is 1.80 bits per heavy atom. The van der Waals surface area contributed by atoms with E-state index in [1.807, 2.05) is 12.1 Å². The Labute approximate surface area is 147 Å². The van der Waals surface area contributed by atoms with Crippen LogP contribution in [0.2, 0.25) is 0 Å². The van der Waals surface area contributed by atoms with E-state index in [4.69, 9.17) is 4.74 Å². The Bertz CT molecular complexity index is 846. The third kappa shape index (κ3) is 4.18. The maximum Gasteiger partial charge on any atom is 0.240 e. The summed E-state index contributed by atoms with van der Waals surface area (Å²) in [4.78, 5) is 11.5. The molecule has 25 heavy (non-hydrogen) atoms. The number of ether oxygens (including phenoxy) is 1. The number of benzene rings is 2. The molecule has 0 radical (unpaired) electrons. The van der Waals surface area contributed by atoms with Gasteiger partial charge in [-0.05, 0) is 35.4 Å². The Kier molecular flexibility index (Phi) is 5.06. The Morgan fingerprint density at radius 3 is 2.36 bits per heavy atom. The molecule has 132 valence electrons. The predicted molar refractivity (Wildman–Crippen MR) is 93.8 cm³/mol. The van der Waals surface area contributed by atoms with E-state index in [1.54, 1.807) is 43.5 Å². The fourth-order valence-electron chi connectivity index (χ4n) is 2.77. The molecule has 1 amide bonds. The van der Waals surface area contributed by atoms with Crippen molar-refractivity contribution in [2.24, 2.45) is 0 Å². The summed E-state index contributed by atoms with van der Waals surface area (Å²) in [6.45, 7) is 0.801. The van der Waals surface area contributed by atoms with Gasteiger partial charge in [-0.15, -0.1) is 0 Å². The third-order valence-corrected chi connectivity index (χ3v) is 5.68. The zero-order chi connectivity index (χ0) is 17.9. The van der Waals surface area contributed by atoms with Crippen LogP contribution < -0.4 is 14.8 Å². The molecule has 0 aliphatic carbocycles. The first-order valence-electron chi connectivity index (χ1n) is 7.97. The summed E-state index contributed by atoms with van der Waals surface area (Å²) in [5.41, 5.74) is 1.81. The van der Waals surface area contributed by atoms with E-state index in [2.05, 4.69) is 10.0 Å². The minimum absolute atomic E-state index is 0.0304. The summed E-state index contributed by atoms with van der Waals surface area (Å²) in [6.07, 6.45) is 0.446. The second-order valence-corrected chi connectivity index (χ2v) is 7.71. The molecule has 2 aromatic rings. The molecule has 1 heterocycles. The van der Waals surface area contributed by atoms with Gasteiger partial charge in [0.1, 0.15) is 5.75 Å². The zero-order valence-electron chi connectivity index (χ0n) is 13.9. The standard InChI is InChI=1S/C18H20N2O4S/c1-24-16-6-2-13(3-7-16)11-20-25(22,23)17-8-4-14(5-9-17)15-10-18(21)19-12-15/h2-9,15,20H,10-12H2,1H3,(H,19,21)/t15-/m1/s1. The van der Waals surface area contributed by atoms with E-state index in [9.17, 15) is 13.2 Å². The maximum absolute atomic E-state index is 12.4. The number of methoxy groups -OCH3 is 1. The van der Waals surface area contributed by atoms with E-state index >= 15 is 0 Å². The van der Waals surface area contributed by atoms with Crippen molar-refractivity contribution < 1.29 is 17.9 Å². The number of carbonyl (C=O) groups excluding carboxylic acids is 1. The first-order valence-corrected chi connectivity index (χ1v) is 9.45.